The summed E-state index contributed by atoms with van der Waals surface area (Å²) in [5.74, 6) is 0.808. The summed E-state index contributed by atoms with van der Waals surface area (Å²) in [5, 5.41) is 29.3. The maximum atomic E-state index is 11.0. The lowest BCUT2D eigenvalue weighted by molar-refractivity contribution is -0.383. The first kappa shape index (κ1) is 95.7. The van der Waals surface area contributed by atoms with Gasteiger partial charge in [0.05, 0.1) is 44.5 Å². The number of nitro groups is 1. The van der Waals surface area contributed by atoms with Crippen LogP contribution in [0.2, 0.25) is 39.3 Å². The molecule has 0 N–H and O–H groups in total. The SMILES string of the molecule is C[Si](C)(C)c1ccnc2c([N+](=O)[O-])cccc12.C[Si](C)(C)c1ccnc2c1ccc1c(-c3ccccc3)onc12.N#CCc1ccccc1.S=S=S=S=S.S=S=S=S=S=S=S=S=S=S=S=S=S=S=S=S=S=S=S=S.S=S=S=S=S=S=S=S=S=S=S=S=S=S=S=S=S=S=S=S=S. The summed E-state index contributed by atoms with van der Waals surface area (Å²) in [7, 11) is 64.5. The van der Waals surface area contributed by atoms with E-state index in [4.69, 9.17) is 54.5 Å². The van der Waals surface area contributed by atoms with Gasteiger partial charge in [0.25, 0.3) is 5.69 Å². The summed E-state index contributed by atoms with van der Waals surface area (Å²) in [6.07, 6.45) is 4.08. The fourth-order valence-corrected chi connectivity index (χ4v) is 103. The van der Waals surface area contributed by atoms with Crippen molar-refractivity contribution in [2.75, 3.05) is 0 Å². The van der Waals surface area contributed by atoms with E-state index >= 15 is 0 Å². The van der Waals surface area contributed by atoms with Gasteiger partial charge in [-0.3, -0.25) is 15.1 Å². The van der Waals surface area contributed by atoms with Gasteiger partial charge in [-0.25, -0.2) is 4.98 Å². The molecule has 0 atom stereocenters. The molecule has 3 aromatic heterocycles. The van der Waals surface area contributed by atoms with Crippen molar-refractivity contribution >= 4 is 487 Å². The first-order chi connectivity index (χ1) is 46.1. The average Bonchev–Trinajstić information content (AvgIpc) is 1.72. The number of fused-ring (bicyclic) bond motifs is 4. The Morgan fingerprint density at radius 1 is 0.400 bits per heavy atom. The lowest BCUT2D eigenvalue weighted by Crippen LogP contribution is -2.38. The van der Waals surface area contributed by atoms with Crippen LogP contribution in [-0.2, 0) is 429 Å². The summed E-state index contributed by atoms with van der Waals surface area (Å²) in [6.45, 7) is 13.7. The van der Waals surface area contributed by atoms with Gasteiger partial charge in [-0.1, -0.05) is 123 Å². The van der Waals surface area contributed by atoms with E-state index in [0.717, 1.165) is 38.7 Å². The molecule has 0 unspecified atom stereocenters. The smallest absolute Gasteiger partial charge is 0.295 e. The molecule has 0 spiro atoms. The molecule has 7 rings (SSSR count). The minimum Gasteiger partial charge on any atom is -0.355 e. The summed E-state index contributed by atoms with van der Waals surface area (Å²) in [6, 6.07) is 35.5. The van der Waals surface area contributed by atoms with Gasteiger partial charge in [-0.2, -0.15) is 5.26 Å². The van der Waals surface area contributed by atoms with E-state index in [0.29, 0.717) is 11.9 Å². The highest BCUT2D eigenvalue weighted by atomic mass is 33.5. The molecular formula is C39H39N5O3S46Si2. The normalized spacial score (nSPS) is 9.32. The number of nitrogens with zero attached hydrogens (tertiary/aromatic N) is 5. The number of pyridine rings is 2. The number of non-ortho nitro benzene ring substituents is 1. The number of aromatic nitrogens is 3. The number of rotatable bonds is 5. The molecule has 0 fully saturated rings. The van der Waals surface area contributed by atoms with Crippen molar-refractivity contribution in [3.63, 3.8) is 0 Å². The first-order valence-electron chi connectivity index (χ1n) is 23.2. The number of nitro benzene ring substituents is 1. The van der Waals surface area contributed by atoms with Crippen LogP contribution < -0.4 is 10.4 Å². The maximum absolute atomic E-state index is 11.0. The Morgan fingerprint density at radius 2 is 0.726 bits per heavy atom. The highest BCUT2D eigenvalue weighted by Gasteiger charge is 2.23. The maximum Gasteiger partial charge on any atom is 0.295 e. The summed E-state index contributed by atoms with van der Waals surface area (Å²) < 4.78 is 5.66. The van der Waals surface area contributed by atoms with Crippen LogP contribution in [0.25, 0.3) is 44.0 Å². The lowest BCUT2D eigenvalue weighted by Gasteiger charge is -2.18. The Bertz CT molecular complexity index is 5690. The Hall–Kier alpha value is 4.61. The Balaban J connectivity index is 0.000000405. The van der Waals surface area contributed by atoms with Crippen LogP contribution in [0.1, 0.15) is 5.56 Å². The number of benzene rings is 4. The predicted octanol–water partition coefficient (Wildman–Crippen LogP) is 8.92. The first-order valence-corrected chi connectivity index (χ1v) is 87.6. The van der Waals surface area contributed by atoms with Gasteiger partial charge < -0.3 is 4.52 Å². The third-order valence-electron chi connectivity index (χ3n) is 9.11. The highest BCUT2D eigenvalue weighted by Crippen LogP contribution is 2.32. The zero-order valence-corrected chi connectivity index (χ0v) is 87.0. The fourth-order valence-electron chi connectivity index (χ4n) is 6.11. The summed E-state index contributed by atoms with van der Waals surface area (Å²) in [5.41, 5.74) is 4.49. The molecule has 56 heteroatoms. The molecule has 0 saturated heterocycles. The largest absolute Gasteiger partial charge is 0.355 e. The van der Waals surface area contributed by atoms with Crippen LogP contribution in [0.5, 0.6) is 0 Å². The van der Waals surface area contributed by atoms with E-state index < -0.39 is 16.1 Å². The summed E-state index contributed by atoms with van der Waals surface area (Å²) >= 11 is 27.9. The second kappa shape index (κ2) is 64.6. The van der Waals surface area contributed by atoms with Gasteiger partial charge in [0.1, 0.15) is 11.0 Å². The van der Waals surface area contributed by atoms with Crippen molar-refractivity contribution in [3.05, 3.63) is 131 Å². The van der Waals surface area contributed by atoms with Gasteiger partial charge in [-0.05, 0) is 34.1 Å². The van der Waals surface area contributed by atoms with Crippen LogP contribution in [0.15, 0.2) is 120 Å². The van der Waals surface area contributed by atoms with E-state index in [2.05, 4.69) is 101 Å². The van der Waals surface area contributed by atoms with Gasteiger partial charge in [0.2, 0.25) is 0 Å². The minimum absolute atomic E-state index is 0.0857. The Morgan fingerprint density at radius 3 is 1.05 bits per heavy atom. The zero-order chi connectivity index (χ0) is 69.5. The lowest BCUT2D eigenvalue weighted by atomic mass is 10.1. The van der Waals surface area contributed by atoms with Crippen LogP contribution in [0.4, 0.5) is 5.69 Å². The standard InChI is InChI=1S/C19H18N2OSi.C12H14N2O2Si.C8H7N.S21.S20.S5/c1-23(2,3)16-11-12-20-17-14(16)9-10-15-18(17)21-22-19(15)13-7-5-4-6-8-13;1-17(2,3)11-7-8-13-12-9(11)5-4-6-10(12)14(15)16;9-7-6-8-4-2-1-3-5-8;1-3-5-7-9-11-13-15-17-19-21-20-18-16-14-12-10-8-6-4-2;1-3-5-7-9-11-13-15-17-19-20-18-16-14-12-10-8-6-4-2;1-3-5-4-2/h4-12H,1-3H3;4-8H,1-3H3;1-5H,6H2;;;. The topological polar surface area (TPSA) is 119 Å². The molecule has 8 nitrogen and oxygen atoms in total. The third kappa shape index (κ3) is 46.6. The number of para-hydroxylation sites is 1. The van der Waals surface area contributed by atoms with E-state index in [1.54, 1.807) is 305 Å². The molecule has 0 aliphatic heterocycles. The van der Waals surface area contributed by atoms with Crippen molar-refractivity contribution in [1.82, 2.24) is 15.1 Å². The van der Waals surface area contributed by atoms with Crippen molar-refractivity contribution in [2.45, 2.75) is 45.7 Å². The molecular weight excluding hydrogens is 2120 g/mol. The Kier molecular flexibility index (Phi) is 65.1. The zero-order valence-electron chi connectivity index (χ0n) is 47.4. The van der Waals surface area contributed by atoms with Crippen LogP contribution in [0.3, 0.4) is 0 Å². The molecule has 0 saturated carbocycles. The molecule has 0 aliphatic carbocycles. The average molecular weight is 2160 g/mol. The monoisotopic (exact) mass is 2150 g/mol. The highest BCUT2D eigenvalue weighted by molar-refractivity contribution is 8.80. The van der Waals surface area contributed by atoms with E-state index in [9.17, 15) is 10.1 Å². The number of nitriles is 1. The predicted molar refractivity (Wildman–Crippen MR) is 544 cm³/mol. The molecule has 95 heavy (non-hydrogen) atoms. The molecule has 4 aromatic carbocycles. The third-order valence-corrected chi connectivity index (χ3v) is 95.4. The number of hydrogen-bond acceptors (Lipinski definition) is 13. The van der Waals surface area contributed by atoms with Crippen LogP contribution in [-0.4, -0.2) is 36.2 Å². The van der Waals surface area contributed by atoms with Crippen molar-refractivity contribution in [2.24, 2.45) is 0 Å². The molecule has 0 radical (unpaired) electrons. The molecule has 3 heterocycles. The summed E-state index contributed by atoms with van der Waals surface area (Å²) in [4.78, 5) is 19.3. The van der Waals surface area contributed by atoms with Crippen LogP contribution in [0, 0.1) is 21.4 Å². The fraction of sp³-hybridized carbons (Fsp3) is 0.179. The molecule has 0 bridgehead atoms. The molecule has 0 aliphatic rings. The molecule has 0 amide bonds. The van der Waals surface area contributed by atoms with Gasteiger partial charge in [0, 0.05) is 457 Å². The van der Waals surface area contributed by atoms with Crippen molar-refractivity contribution in [3.8, 4) is 17.4 Å². The Labute approximate surface area is 696 Å². The molecule has 7 aromatic rings. The molecule has 522 valence electrons. The van der Waals surface area contributed by atoms with Crippen molar-refractivity contribution in [1.29, 1.82) is 5.26 Å². The van der Waals surface area contributed by atoms with E-state index in [1.165, 1.54) is 84.0 Å². The van der Waals surface area contributed by atoms with Gasteiger partial charge >= 0.3 is 0 Å². The second-order valence-corrected chi connectivity index (χ2v) is 97.3. The minimum atomic E-state index is -1.52. The van der Waals surface area contributed by atoms with Crippen LogP contribution >= 0.6 is 0 Å². The van der Waals surface area contributed by atoms with Crippen molar-refractivity contribution < 1.29 is 9.45 Å². The number of hydrogen-bond donors (Lipinski definition) is 0. The van der Waals surface area contributed by atoms with Gasteiger partial charge in [-0.15, -0.1) is 0 Å². The quantitative estimate of drug-likeness (QED) is 0.0929. The van der Waals surface area contributed by atoms with Gasteiger partial charge in [0.15, 0.2) is 5.76 Å². The second-order valence-electron chi connectivity index (χ2n) is 16.4. The van der Waals surface area contributed by atoms with E-state index in [1.807, 2.05) is 79.0 Å². The van der Waals surface area contributed by atoms with E-state index in [-0.39, 0.29) is 10.6 Å².